The van der Waals surface area contributed by atoms with Crippen molar-refractivity contribution in [1.82, 2.24) is 15.5 Å². The Hall–Kier alpha value is -1.99. The summed E-state index contributed by atoms with van der Waals surface area (Å²) in [4.78, 5) is 29.3. The van der Waals surface area contributed by atoms with Gasteiger partial charge in [-0.15, -0.1) is 0 Å². The average Bonchev–Trinajstić information content (AvgIpc) is 2.83. The predicted molar refractivity (Wildman–Crippen MR) is 132 cm³/mol. The number of halogens is 1. The first-order valence-electron chi connectivity index (χ1n) is 13.5. The smallest absolute Gasteiger partial charge is 0.242 e. The highest BCUT2D eigenvalue weighted by molar-refractivity contribution is 5.90. The highest BCUT2D eigenvalue weighted by Crippen LogP contribution is 2.60. The number of nitrogens with zero attached hydrogens (tertiary/aromatic N) is 1. The van der Waals surface area contributed by atoms with E-state index >= 15 is 0 Å². The highest BCUT2D eigenvalue weighted by atomic mass is 19.1. The molecular weight excluding hydrogens is 445 g/mol. The van der Waals surface area contributed by atoms with E-state index in [1.807, 2.05) is 13.8 Å². The van der Waals surface area contributed by atoms with Crippen molar-refractivity contribution in [2.45, 2.75) is 64.5 Å². The predicted octanol–water partition coefficient (Wildman–Crippen LogP) is 3.67. The molecule has 4 bridgehead atoms. The summed E-state index contributed by atoms with van der Waals surface area (Å²) in [6, 6.07) is 5.87. The SMILES string of the molecule is CC(C)[C@@H](NC(=O)C12CC3CC(CC(C3)C1)C2)C(=O)NC[C@H](c1ccc(F)cc1)N1CCOCC1. The lowest BCUT2D eigenvalue weighted by Gasteiger charge is -2.55. The second-order valence-electron chi connectivity index (χ2n) is 11.9. The van der Waals surface area contributed by atoms with Crippen molar-refractivity contribution in [2.24, 2.45) is 29.1 Å². The van der Waals surface area contributed by atoms with Crippen molar-refractivity contribution in [3.05, 3.63) is 35.6 Å². The fourth-order valence-electron chi connectivity index (χ4n) is 7.56. The van der Waals surface area contributed by atoms with Crippen LogP contribution in [0.4, 0.5) is 4.39 Å². The fraction of sp³-hybridized carbons (Fsp3) is 0.714. The van der Waals surface area contributed by atoms with E-state index in [9.17, 15) is 14.0 Å². The van der Waals surface area contributed by atoms with Crippen LogP contribution < -0.4 is 10.6 Å². The minimum atomic E-state index is -0.561. The minimum absolute atomic E-state index is 0.0134. The molecule has 4 aliphatic carbocycles. The third-order valence-corrected chi connectivity index (χ3v) is 8.97. The van der Waals surface area contributed by atoms with Crippen molar-refractivity contribution in [3.63, 3.8) is 0 Å². The molecule has 1 aromatic rings. The van der Waals surface area contributed by atoms with Crippen LogP contribution >= 0.6 is 0 Å². The number of benzene rings is 1. The Kier molecular flexibility index (Phi) is 7.18. The van der Waals surface area contributed by atoms with E-state index in [1.165, 1.54) is 31.4 Å². The summed E-state index contributed by atoms with van der Waals surface area (Å²) in [7, 11) is 0. The molecule has 192 valence electrons. The van der Waals surface area contributed by atoms with Gasteiger partial charge in [-0.05, 0) is 79.9 Å². The summed E-state index contributed by atoms with van der Waals surface area (Å²) in [5.41, 5.74) is 0.694. The maximum atomic E-state index is 13.6. The molecule has 0 unspecified atom stereocenters. The molecule has 2 atom stereocenters. The van der Waals surface area contributed by atoms with Crippen LogP contribution in [0.15, 0.2) is 24.3 Å². The van der Waals surface area contributed by atoms with Gasteiger partial charge in [0.1, 0.15) is 11.9 Å². The molecule has 5 fully saturated rings. The number of carbonyl (C=O) groups excluding carboxylic acids is 2. The quantitative estimate of drug-likeness (QED) is 0.590. The molecule has 0 spiro atoms. The van der Waals surface area contributed by atoms with Crippen molar-refractivity contribution < 1.29 is 18.7 Å². The lowest BCUT2D eigenvalue weighted by Crippen LogP contribution is -2.58. The van der Waals surface area contributed by atoms with Gasteiger partial charge in [0.25, 0.3) is 0 Å². The normalized spacial score (nSPS) is 31.8. The van der Waals surface area contributed by atoms with Gasteiger partial charge in [-0.25, -0.2) is 4.39 Å². The number of hydrogen-bond acceptors (Lipinski definition) is 4. The molecule has 0 aromatic heterocycles. The molecule has 6 nitrogen and oxygen atoms in total. The topological polar surface area (TPSA) is 70.7 Å². The van der Waals surface area contributed by atoms with Gasteiger partial charge in [-0.3, -0.25) is 14.5 Å². The van der Waals surface area contributed by atoms with Crippen molar-refractivity contribution >= 4 is 11.8 Å². The number of amides is 2. The van der Waals surface area contributed by atoms with Crippen LogP contribution in [0.2, 0.25) is 0 Å². The van der Waals surface area contributed by atoms with E-state index in [1.54, 1.807) is 12.1 Å². The number of carbonyl (C=O) groups is 2. The van der Waals surface area contributed by atoms with Crippen LogP contribution in [0.25, 0.3) is 0 Å². The number of hydrogen-bond donors (Lipinski definition) is 2. The Morgan fingerprint density at radius 1 is 1.03 bits per heavy atom. The molecule has 2 N–H and O–H groups in total. The van der Waals surface area contributed by atoms with Crippen LogP contribution in [0.1, 0.15) is 64.0 Å². The number of rotatable bonds is 8. The summed E-state index contributed by atoms with van der Waals surface area (Å²) in [6.07, 6.45) is 6.82. The van der Waals surface area contributed by atoms with Gasteiger partial charge < -0.3 is 15.4 Å². The molecular formula is C28H40FN3O3. The zero-order chi connectivity index (χ0) is 24.6. The highest BCUT2D eigenvalue weighted by Gasteiger charge is 2.55. The number of morpholine rings is 1. The van der Waals surface area contributed by atoms with Gasteiger partial charge in [0.05, 0.1) is 19.3 Å². The van der Waals surface area contributed by atoms with Crippen LogP contribution in [-0.2, 0) is 14.3 Å². The maximum Gasteiger partial charge on any atom is 0.242 e. The van der Waals surface area contributed by atoms with Gasteiger partial charge in [-0.2, -0.15) is 0 Å². The largest absolute Gasteiger partial charge is 0.379 e. The first-order chi connectivity index (χ1) is 16.8. The summed E-state index contributed by atoms with van der Waals surface area (Å²) in [5.74, 6) is 1.72. The average molecular weight is 486 g/mol. The van der Waals surface area contributed by atoms with Crippen molar-refractivity contribution in [1.29, 1.82) is 0 Å². The first-order valence-corrected chi connectivity index (χ1v) is 13.5. The van der Waals surface area contributed by atoms with Gasteiger partial charge in [0, 0.05) is 25.0 Å². The van der Waals surface area contributed by atoms with Gasteiger partial charge >= 0.3 is 0 Å². The molecule has 1 aromatic carbocycles. The first kappa shape index (κ1) is 24.7. The van der Waals surface area contributed by atoms with Gasteiger partial charge in [0.15, 0.2) is 0 Å². The molecule has 2 amide bonds. The van der Waals surface area contributed by atoms with Crippen molar-refractivity contribution in [3.8, 4) is 0 Å². The second kappa shape index (κ2) is 10.2. The lowest BCUT2D eigenvalue weighted by atomic mass is 9.49. The molecule has 5 aliphatic rings. The van der Waals surface area contributed by atoms with E-state index in [0.29, 0.717) is 37.5 Å². The van der Waals surface area contributed by atoms with E-state index in [-0.39, 0.29) is 35.0 Å². The van der Waals surface area contributed by atoms with Crippen LogP contribution in [0.5, 0.6) is 0 Å². The molecule has 1 heterocycles. The lowest BCUT2D eigenvalue weighted by molar-refractivity contribution is -0.149. The molecule has 0 radical (unpaired) electrons. The zero-order valence-electron chi connectivity index (χ0n) is 21.1. The Bertz CT molecular complexity index is 877. The third-order valence-electron chi connectivity index (χ3n) is 8.97. The fourth-order valence-corrected chi connectivity index (χ4v) is 7.56. The standard InChI is InChI=1S/C28H40FN3O3/c1-18(2)25(31-27(34)28-14-19-11-20(15-28)13-21(12-19)16-28)26(33)30-17-24(32-7-9-35-10-8-32)22-3-5-23(29)6-4-22/h3-6,18-21,24-25H,7-17H2,1-2H3,(H,30,33)(H,31,34)/t19?,20?,21?,24-,25-,28?/m1/s1. The molecule has 1 aliphatic heterocycles. The second-order valence-corrected chi connectivity index (χ2v) is 11.9. The Morgan fingerprint density at radius 2 is 1.60 bits per heavy atom. The Labute approximate surface area is 208 Å². The molecule has 6 rings (SSSR count). The summed E-state index contributed by atoms with van der Waals surface area (Å²) in [6.45, 7) is 7.18. The molecule has 7 heteroatoms. The third kappa shape index (κ3) is 5.26. The van der Waals surface area contributed by atoms with Gasteiger partial charge in [-0.1, -0.05) is 26.0 Å². The molecule has 1 saturated heterocycles. The number of ether oxygens (including phenoxy) is 1. The summed E-state index contributed by atoms with van der Waals surface area (Å²) < 4.78 is 19.1. The van der Waals surface area contributed by atoms with E-state index in [0.717, 1.165) is 37.9 Å². The van der Waals surface area contributed by atoms with Crippen LogP contribution in [-0.4, -0.2) is 55.6 Å². The summed E-state index contributed by atoms with van der Waals surface area (Å²) in [5, 5.41) is 6.31. The summed E-state index contributed by atoms with van der Waals surface area (Å²) >= 11 is 0. The molecule has 4 saturated carbocycles. The van der Waals surface area contributed by atoms with E-state index < -0.39 is 6.04 Å². The maximum absolute atomic E-state index is 13.6. The Balaban J connectivity index is 1.25. The van der Waals surface area contributed by atoms with Crippen LogP contribution in [0, 0.1) is 34.9 Å². The van der Waals surface area contributed by atoms with E-state index in [4.69, 9.17) is 4.74 Å². The minimum Gasteiger partial charge on any atom is -0.379 e. The Morgan fingerprint density at radius 3 is 2.14 bits per heavy atom. The van der Waals surface area contributed by atoms with Crippen LogP contribution in [0.3, 0.4) is 0 Å². The van der Waals surface area contributed by atoms with Gasteiger partial charge in [0.2, 0.25) is 11.8 Å². The molecule has 35 heavy (non-hydrogen) atoms. The van der Waals surface area contributed by atoms with E-state index in [2.05, 4.69) is 15.5 Å². The monoisotopic (exact) mass is 485 g/mol. The number of nitrogens with one attached hydrogen (secondary N) is 2. The van der Waals surface area contributed by atoms with Crippen molar-refractivity contribution in [2.75, 3.05) is 32.8 Å². The zero-order valence-corrected chi connectivity index (χ0v) is 21.1.